The van der Waals surface area contributed by atoms with Crippen LogP contribution in [0.25, 0.3) is 0 Å². The molecule has 0 bridgehead atoms. The number of hydrogen-bond donors (Lipinski definition) is 1. The van der Waals surface area contributed by atoms with Gasteiger partial charge < -0.3 is 14.6 Å². The summed E-state index contributed by atoms with van der Waals surface area (Å²) in [5.41, 5.74) is 1.97. The van der Waals surface area contributed by atoms with Crippen molar-refractivity contribution >= 4 is 17.7 Å². The van der Waals surface area contributed by atoms with Crippen LogP contribution in [-0.2, 0) is 20.7 Å². The predicted molar refractivity (Wildman–Crippen MR) is 75.7 cm³/mol. The third-order valence-corrected chi connectivity index (χ3v) is 2.73. The average Bonchev–Trinajstić information content (AvgIpc) is 2.84. The lowest BCUT2D eigenvalue weighted by molar-refractivity contribution is -0.146. The maximum atomic E-state index is 11.6. The normalized spacial score (nSPS) is 10.2. The Balaban J connectivity index is 1.75. The maximum Gasteiger partial charge on any atom is 0.310 e. The van der Waals surface area contributed by atoms with Crippen molar-refractivity contribution < 1.29 is 18.8 Å². The fraction of sp³-hybridized carbons (Fsp3) is 0.267. The Morgan fingerprint density at radius 3 is 2.57 bits per heavy atom. The Kier molecular flexibility index (Phi) is 4.71. The minimum Gasteiger partial charge on any atom is -0.455 e. The van der Waals surface area contributed by atoms with Crippen molar-refractivity contribution in [2.24, 2.45) is 0 Å². The lowest BCUT2D eigenvalue weighted by atomic mass is 10.1. The van der Waals surface area contributed by atoms with Crippen molar-refractivity contribution in [3.8, 4) is 0 Å². The minimum absolute atomic E-state index is 0.136. The van der Waals surface area contributed by atoms with Crippen LogP contribution in [0.15, 0.2) is 34.9 Å². The molecule has 6 nitrogen and oxygen atoms in total. The molecule has 1 aromatic carbocycles. The molecule has 110 valence electrons. The van der Waals surface area contributed by atoms with Crippen LogP contribution in [0.1, 0.15) is 16.9 Å². The molecule has 0 saturated carbocycles. The highest BCUT2D eigenvalue weighted by atomic mass is 16.5. The van der Waals surface area contributed by atoms with E-state index in [1.807, 2.05) is 31.2 Å². The van der Waals surface area contributed by atoms with E-state index < -0.39 is 11.9 Å². The number of rotatable bonds is 5. The Morgan fingerprint density at radius 2 is 1.95 bits per heavy atom. The maximum absolute atomic E-state index is 11.6. The van der Waals surface area contributed by atoms with E-state index in [1.165, 1.54) is 0 Å². The molecule has 1 aromatic heterocycles. The van der Waals surface area contributed by atoms with Gasteiger partial charge in [-0.3, -0.25) is 9.59 Å². The number of esters is 1. The molecule has 1 N–H and O–H groups in total. The number of carbonyl (C=O) groups is 2. The van der Waals surface area contributed by atoms with Crippen LogP contribution in [0, 0.1) is 13.8 Å². The molecule has 0 fully saturated rings. The number of aryl methyl sites for hydroxylation is 2. The fourth-order valence-electron chi connectivity index (χ4n) is 1.67. The quantitative estimate of drug-likeness (QED) is 0.851. The van der Waals surface area contributed by atoms with E-state index in [0.717, 1.165) is 11.1 Å². The van der Waals surface area contributed by atoms with E-state index in [4.69, 9.17) is 9.26 Å². The zero-order chi connectivity index (χ0) is 15.2. The van der Waals surface area contributed by atoms with Gasteiger partial charge in [-0.05, 0) is 19.4 Å². The third-order valence-electron chi connectivity index (χ3n) is 2.73. The SMILES string of the molecule is Cc1ccc(CC(=O)OCC(=O)Nc2cc(C)on2)cc1. The molecule has 0 aliphatic rings. The van der Waals surface area contributed by atoms with Crippen molar-refractivity contribution in [3.63, 3.8) is 0 Å². The van der Waals surface area contributed by atoms with Crippen LogP contribution < -0.4 is 5.32 Å². The molecule has 0 aliphatic heterocycles. The molecule has 1 heterocycles. The van der Waals surface area contributed by atoms with Crippen LogP contribution in [0.5, 0.6) is 0 Å². The molecule has 2 rings (SSSR count). The highest BCUT2D eigenvalue weighted by Crippen LogP contribution is 2.07. The number of amides is 1. The largest absolute Gasteiger partial charge is 0.455 e. The van der Waals surface area contributed by atoms with Gasteiger partial charge in [-0.1, -0.05) is 35.0 Å². The Labute approximate surface area is 122 Å². The van der Waals surface area contributed by atoms with Crippen LogP contribution in [0.3, 0.4) is 0 Å². The molecular weight excluding hydrogens is 272 g/mol. The number of anilines is 1. The first-order chi connectivity index (χ1) is 10.0. The lowest BCUT2D eigenvalue weighted by Crippen LogP contribution is -2.21. The summed E-state index contributed by atoms with van der Waals surface area (Å²) in [7, 11) is 0. The van der Waals surface area contributed by atoms with Gasteiger partial charge in [0.1, 0.15) is 5.76 Å². The van der Waals surface area contributed by atoms with E-state index in [-0.39, 0.29) is 13.0 Å². The molecule has 0 spiro atoms. The van der Waals surface area contributed by atoms with E-state index in [2.05, 4.69) is 10.5 Å². The van der Waals surface area contributed by atoms with Gasteiger partial charge in [0, 0.05) is 6.07 Å². The summed E-state index contributed by atoms with van der Waals surface area (Å²) in [6.45, 7) is 3.33. The highest BCUT2D eigenvalue weighted by Gasteiger charge is 2.10. The molecular formula is C15H16N2O4. The molecule has 0 radical (unpaired) electrons. The number of nitrogens with zero attached hydrogens (tertiary/aromatic N) is 1. The highest BCUT2D eigenvalue weighted by molar-refractivity contribution is 5.92. The first kappa shape index (κ1) is 14.8. The number of carbonyl (C=O) groups excluding carboxylic acids is 2. The topological polar surface area (TPSA) is 81.4 Å². The molecule has 21 heavy (non-hydrogen) atoms. The van der Waals surface area contributed by atoms with E-state index in [1.54, 1.807) is 13.0 Å². The van der Waals surface area contributed by atoms with Crippen molar-refractivity contribution in [3.05, 3.63) is 47.2 Å². The Hall–Kier alpha value is -2.63. The second kappa shape index (κ2) is 6.69. The fourth-order valence-corrected chi connectivity index (χ4v) is 1.67. The molecule has 0 saturated heterocycles. The van der Waals surface area contributed by atoms with Gasteiger partial charge in [0.2, 0.25) is 0 Å². The Morgan fingerprint density at radius 1 is 1.24 bits per heavy atom. The average molecular weight is 288 g/mol. The van der Waals surface area contributed by atoms with Crippen LogP contribution in [0.2, 0.25) is 0 Å². The first-order valence-corrected chi connectivity index (χ1v) is 6.47. The van der Waals surface area contributed by atoms with Crippen molar-refractivity contribution in [1.82, 2.24) is 5.16 Å². The Bertz CT molecular complexity index is 631. The summed E-state index contributed by atoms with van der Waals surface area (Å²) in [6, 6.07) is 9.13. The first-order valence-electron chi connectivity index (χ1n) is 6.47. The number of benzene rings is 1. The summed E-state index contributed by atoms with van der Waals surface area (Å²) in [6.07, 6.45) is 0.136. The summed E-state index contributed by atoms with van der Waals surface area (Å²) < 4.78 is 9.71. The van der Waals surface area contributed by atoms with Gasteiger partial charge in [-0.15, -0.1) is 0 Å². The number of nitrogens with one attached hydrogen (secondary N) is 1. The van der Waals surface area contributed by atoms with Crippen molar-refractivity contribution in [1.29, 1.82) is 0 Å². The van der Waals surface area contributed by atoms with Crippen LogP contribution in [0.4, 0.5) is 5.82 Å². The summed E-state index contributed by atoms with van der Waals surface area (Å²) in [5.74, 6) is -0.0281. The smallest absolute Gasteiger partial charge is 0.310 e. The second-order valence-electron chi connectivity index (χ2n) is 4.69. The monoisotopic (exact) mass is 288 g/mol. The van der Waals surface area contributed by atoms with E-state index in [0.29, 0.717) is 11.6 Å². The summed E-state index contributed by atoms with van der Waals surface area (Å²) in [5, 5.41) is 6.08. The predicted octanol–water partition coefficient (Wildman–Crippen LogP) is 2.02. The van der Waals surface area contributed by atoms with Crippen molar-refractivity contribution in [2.75, 3.05) is 11.9 Å². The molecule has 2 aromatic rings. The van der Waals surface area contributed by atoms with Gasteiger partial charge in [0.15, 0.2) is 12.4 Å². The number of hydrogen-bond acceptors (Lipinski definition) is 5. The van der Waals surface area contributed by atoms with Crippen LogP contribution >= 0.6 is 0 Å². The minimum atomic E-state index is -0.458. The zero-order valence-corrected chi connectivity index (χ0v) is 11.9. The van der Waals surface area contributed by atoms with Gasteiger partial charge in [0.05, 0.1) is 6.42 Å². The van der Waals surface area contributed by atoms with E-state index >= 15 is 0 Å². The van der Waals surface area contributed by atoms with Gasteiger partial charge >= 0.3 is 5.97 Å². The third kappa shape index (κ3) is 4.76. The van der Waals surface area contributed by atoms with Crippen molar-refractivity contribution in [2.45, 2.75) is 20.3 Å². The number of aromatic nitrogens is 1. The standard InChI is InChI=1S/C15H16N2O4/c1-10-3-5-12(6-4-10)8-15(19)20-9-14(18)16-13-7-11(2)21-17-13/h3-7H,8-9H2,1-2H3,(H,16,17,18). The molecule has 0 aliphatic carbocycles. The lowest BCUT2D eigenvalue weighted by Gasteiger charge is -2.05. The molecule has 1 amide bonds. The number of ether oxygens (including phenoxy) is 1. The molecule has 6 heteroatoms. The summed E-state index contributed by atoms with van der Waals surface area (Å²) in [4.78, 5) is 23.2. The van der Waals surface area contributed by atoms with Gasteiger partial charge in [-0.25, -0.2) is 0 Å². The van der Waals surface area contributed by atoms with E-state index in [9.17, 15) is 9.59 Å². The van der Waals surface area contributed by atoms with Crippen LogP contribution in [-0.4, -0.2) is 23.6 Å². The van der Waals surface area contributed by atoms with Gasteiger partial charge in [-0.2, -0.15) is 0 Å². The van der Waals surface area contributed by atoms with Gasteiger partial charge in [0.25, 0.3) is 5.91 Å². The second-order valence-corrected chi connectivity index (χ2v) is 4.69. The summed E-state index contributed by atoms with van der Waals surface area (Å²) >= 11 is 0. The molecule has 0 atom stereocenters. The zero-order valence-electron chi connectivity index (χ0n) is 11.9. The molecule has 0 unspecified atom stereocenters.